The van der Waals surface area contributed by atoms with Crippen molar-refractivity contribution in [2.24, 2.45) is 0 Å². The van der Waals surface area contributed by atoms with Crippen molar-refractivity contribution in [1.82, 2.24) is 0 Å². The van der Waals surface area contributed by atoms with E-state index < -0.39 is 5.97 Å². The molecular weight excluding hydrogens is 270 g/mol. The second-order valence-corrected chi connectivity index (χ2v) is 4.82. The number of hydrogen-bond donors (Lipinski definition) is 2. The maximum Gasteiger partial charge on any atom is 0.335 e. The van der Waals surface area contributed by atoms with Gasteiger partial charge in [0.1, 0.15) is 0 Å². The van der Waals surface area contributed by atoms with Crippen molar-refractivity contribution in [1.29, 1.82) is 0 Å². The summed E-state index contributed by atoms with van der Waals surface area (Å²) in [6.07, 6.45) is 0. The predicted octanol–water partition coefficient (Wildman–Crippen LogP) is 2.83. The molecule has 2 aromatic carbocycles. The molecule has 0 aromatic heterocycles. The SMILES string of the molecule is COc1cc(C(=O)O)cc(-c2cccc(N(C)C)c2)c1O. The number of aromatic hydroxyl groups is 1. The van der Waals surface area contributed by atoms with Gasteiger partial charge in [0.15, 0.2) is 11.5 Å². The van der Waals surface area contributed by atoms with E-state index in [0.717, 1.165) is 11.3 Å². The van der Waals surface area contributed by atoms with Crippen LogP contribution in [0.25, 0.3) is 11.1 Å². The van der Waals surface area contributed by atoms with E-state index in [4.69, 9.17) is 9.84 Å². The Kier molecular flexibility index (Phi) is 4.03. The number of phenols is 1. The summed E-state index contributed by atoms with van der Waals surface area (Å²) in [7, 11) is 5.21. The minimum atomic E-state index is -1.07. The first-order valence-corrected chi connectivity index (χ1v) is 6.36. The van der Waals surface area contributed by atoms with Gasteiger partial charge in [-0.05, 0) is 29.8 Å². The van der Waals surface area contributed by atoms with Gasteiger partial charge in [0, 0.05) is 25.3 Å². The molecule has 0 atom stereocenters. The minimum Gasteiger partial charge on any atom is -0.504 e. The summed E-state index contributed by atoms with van der Waals surface area (Å²) in [5, 5.41) is 19.4. The number of ether oxygens (including phenoxy) is 1. The van der Waals surface area contributed by atoms with Gasteiger partial charge in [-0.3, -0.25) is 0 Å². The van der Waals surface area contributed by atoms with Crippen LogP contribution >= 0.6 is 0 Å². The van der Waals surface area contributed by atoms with Crippen LogP contribution in [0.4, 0.5) is 5.69 Å². The molecule has 21 heavy (non-hydrogen) atoms. The molecule has 0 aliphatic carbocycles. The van der Waals surface area contributed by atoms with Gasteiger partial charge in [-0.1, -0.05) is 12.1 Å². The number of carboxylic acid groups (broad SMARTS) is 1. The summed E-state index contributed by atoms with van der Waals surface area (Å²) in [5.74, 6) is -1.00. The zero-order valence-electron chi connectivity index (χ0n) is 12.1. The Morgan fingerprint density at radius 2 is 1.90 bits per heavy atom. The predicted molar refractivity (Wildman–Crippen MR) is 81.4 cm³/mol. The van der Waals surface area contributed by atoms with Crippen molar-refractivity contribution in [3.8, 4) is 22.6 Å². The Labute approximate surface area is 123 Å². The van der Waals surface area contributed by atoms with Crippen LogP contribution in [0.1, 0.15) is 10.4 Å². The molecule has 0 aliphatic heterocycles. The second-order valence-electron chi connectivity index (χ2n) is 4.82. The molecule has 110 valence electrons. The molecule has 2 aromatic rings. The fourth-order valence-electron chi connectivity index (χ4n) is 2.06. The van der Waals surface area contributed by atoms with Gasteiger partial charge in [0.25, 0.3) is 0 Å². The number of carboxylic acids is 1. The van der Waals surface area contributed by atoms with Gasteiger partial charge in [0.2, 0.25) is 0 Å². The molecule has 2 rings (SSSR count). The van der Waals surface area contributed by atoms with Crippen LogP contribution in [0.2, 0.25) is 0 Å². The average molecular weight is 287 g/mol. The smallest absolute Gasteiger partial charge is 0.335 e. The molecule has 5 heteroatoms. The third kappa shape index (κ3) is 2.91. The molecular formula is C16H17NO4. The van der Waals surface area contributed by atoms with E-state index in [0.29, 0.717) is 5.56 Å². The number of carbonyl (C=O) groups is 1. The van der Waals surface area contributed by atoms with E-state index in [9.17, 15) is 9.90 Å². The third-order valence-corrected chi connectivity index (χ3v) is 3.22. The summed E-state index contributed by atoms with van der Waals surface area (Å²) in [6, 6.07) is 10.2. The van der Waals surface area contributed by atoms with Crippen LogP contribution in [0.15, 0.2) is 36.4 Å². The fraction of sp³-hybridized carbons (Fsp3) is 0.188. The Morgan fingerprint density at radius 3 is 2.48 bits per heavy atom. The summed E-state index contributed by atoms with van der Waals surface area (Å²) < 4.78 is 5.05. The molecule has 0 unspecified atom stereocenters. The highest BCUT2D eigenvalue weighted by atomic mass is 16.5. The first-order chi connectivity index (χ1) is 9.93. The highest BCUT2D eigenvalue weighted by Crippen LogP contribution is 2.39. The molecule has 0 aliphatic rings. The lowest BCUT2D eigenvalue weighted by Crippen LogP contribution is -2.08. The van der Waals surface area contributed by atoms with Crippen LogP contribution in [0, 0.1) is 0 Å². The Morgan fingerprint density at radius 1 is 1.19 bits per heavy atom. The van der Waals surface area contributed by atoms with E-state index in [-0.39, 0.29) is 17.1 Å². The highest BCUT2D eigenvalue weighted by Gasteiger charge is 2.16. The van der Waals surface area contributed by atoms with Crippen LogP contribution in [0.3, 0.4) is 0 Å². The largest absolute Gasteiger partial charge is 0.504 e. The number of methoxy groups -OCH3 is 1. The van der Waals surface area contributed by atoms with E-state index in [1.165, 1.54) is 19.2 Å². The first-order valence-electron chi connectivity index (χ1n) is 6.36. The van der Waals surface area contributed by atoms with Crippen LogP contribution < -0.4 is 9.64 Å². The molecule has 0 radical (unpaired) electrons. The van der Waals surface area contributed by atoms with Gasteiger partial charge in [0.05, 0.1) is 12.7 Å². The maximum atomic E-state index is 11.2. The summed E-state index contributed by atoms with van der Waals surface area (Å²) in [5.41, 5.74) is 2.16. The third-order valence-electron chi connectivity index (χ3n) is 3.22. The molecule has 0 spiro atoms. The van der Waals surface area contributed by atoms with Gasteiger partial charge >= 0.3 is 5.97 Å². The lowest BCUT2D eigenvalue weighted by molar-refractivity contribution is 0.0696. The minimum absolute atomic E-state index is 0.0647. The van der Waals surface area contributed by atoms with Crippen molar-refractivity contribution >= 4 is 11.7 Å². The zero-order valence-corrected chi connectivity index (χ0v) is 12.1. The Balaban J connectivity index is 2.64. The van der Waals surface area contributed by atoms with Crippen LogP contribution in [-0.2, 0) is 0 Å². The van der Waals surface area contributed by atoms with Crippen molar-refractivity contribution in [3.05, 3.63) is 42.0 Å². The van der Waals surface area contributed by atoms with Crippen molar-refractivity contribution in [2.75, 3.05) is 26.1 Å². The molecule has 0 saturated carbocycles. The molecule has 5 nitrogen and oxygen atoms in total. The number of anilines is 1. The van der Waals surface area contributed by atoms with Crippen molar-refractivity contribution in [2.45, 2.75) is 0 Å². The number of phenolic OH excluding ortho intramolecular Hbond substituents is 1. The number of hydrogen-bond acceptors (Lipinski definition) is 4. The van der Waals surface area contributed by atoms with Crippen LogP contribution in [0.5, 0.6) is 11.5 Å². The topological polar surface area (TPSA) is 70.0 Å². The summed E-state index contributed by atoms with van der Waals surface area (Å²) in [6.45, 7) is 0. The lowest BCUT2D eigenvalue weighted by atomic mass is 10.0. The first kappa shape index (κ1) is 14.7. The molecule has 0 heterocycles. The van der Waals surface area contributed by atoms with Gasteiger partial charge in [-0.15, -0.1) is 0 Å². The van der Waals surface area contributed by atoms with Gasteiger partial charge < -0.3 is 19.8 Å². The number of aromatic carboxylic acids is 1. The molecule has 0 saturated heterocycles. The van der Waals surface area contributed by atoms with Crippen molar-refractivity contribution < 1.29 is 19.7 Å². The lowest BCUT2D eigenvalue weighted by Gasteiger charge is -2.15. The molecule has 0 bridgehead atoms. The number of nitrogens with zero attached hydrogens (tertiary/aromatic N) is 1. The van der Waals surface area contributed by atoms with E-state index in [1.807, 2.05) is 43.3 Å². The number of rotatable bonds is 4. The second kappa shape index (κ2) is 5.75. The van der Waals surface area contributed by atoms with Gasteiger partial charge in [-0.25, -0.2) is 4.79 Å². The Bertz CT molecular complexity index is 680. The highest BCUT2D eigenvalue weighted by molar-refractivity contribution is 5.92. The number of benzene rings is 2. The fourth-order valence-corrected chi connectivity index (χ4v) is 2.06. The summed E-state index contributed by atoms with van der Waals surface area (Å²) in [4.78, 5) is 13.1. The maximum absolute atomic E-state index is 11.2. The van der Waals surface area contributed by atoms with Crippen LogP contribution in [-0.4, -0.2) is 37.4 Å². The molecule has 0 amide bonds. The Hall–Kier alpha value is -2.69. The quantitative estimate of drug-likeness (QED) is 0.905. The van der Waals surface area contributed by atoms with E-state index in [2.05, 4.69) is 0 Å². The molecule has 0 fully saturated rings. The van der Waals surface area contributed by atoms with E-state index >= 15 is 0 Å². The summed E-state index contributed by atoms with van der Waals surface area (Å²) >= 11 is 0. The zero-order chi connectivity index (χ0) is 15.6. The van der Waals surface area contributed by atoms with Gasteiger partial charge in [-0.2, -0.15) is 0 Å². The monoisotopic (exact) mass is 287 g/mol. The normalized spacial score (nSPS) is 10.2. The van der Waals surface area contributed by atoms with E-state index in [1.54, 1.807) is 0 Å². The average Bonchev–Trinajstić information content (AvgIpc) is 2.47. The standard InChI is InChI=1S/C16H17NO4/c1-17(2)12-6-4-5-10(7-12)13-8-11(16(19)20)9-14(21-3)15(13)18/h4-9,18H,1-3H3,(H,19,20). The molecule has 2 N–H and O–H groups in total. The van der Waals surface area contributed by atoms with Crippen molar-refractivity contribution in [3.63, 3.8) is 0 Å².